The summed E-state index contributed by atoms with van der Waals surface area (Å²) in [6.45, 7) is -0.0629. The molecule has 3 aromatic carbocycles. The third-order valence-electron chi connectivity index (χ3n) is 6.55. The molecule has 2 atom stereocenters. The Kier molecular flexibility index (Phi) is 5.48. The van der Waals surface area contributed by atoms with E-state index in [-0.39, 0.29) is 34.8 Å². The van der Waals surface area contributed by atoms with Crippen LogP contribution in [0.2, 0.25) is 0 Å². The van der Waals surface area contributed by atoms with E-state index in [1.165, 1.54) is 53.8 Å². The fourth-order valence-electron chi connectivity index (χ4n) is 4.92. The third kappa shape index (κ3) is 3.79. The minimum atomic E-state index is -0.732. The minimum Gasteiger partial charge on any atom is -0.508 e. The maximum atomic E-state index is 14.9. The number of hydrogen-bond donors (Lipinski definition) is 2. The van der Waals surface area contributed by atoms with Gasteiger partial charge in [0, 0.05) is 17.3 Å². The van der Waals surface area contributed by atoms with Gasteiger partial charge in [0.15, 0.2) is 6.17 Å². The van der Waals surface area contributed by atoms with Crippen molar-refractivity contribution < 1.29 is 18.3 Å². The molecule has 2 aliphatic rings. The molecule has 6 rings (SSSR count). The molecular weight excluding hydrogens is 497 g/mol. The van der Waals surface area contributed by atoms with Gasteiger partial charge in [0.05, 0.1) is 23.3 Å². The quantitative estimate of drug-likeness (QED) is 0.431. The molecule has 190 valence electrons. The molecule has 3 heterocycles. The molecule has 38 heavy (non-hydrogen) atoms. The molecule has 4 aromatic rings. The van der Waals surface area contributed by atoms with Crippen LogP contribution in [0.1, 0.15) is 11.3 Å². The Morgan fingerprint density at radius 3 is 2.55 bits per heavy atom. The average Bonchev–Trinajstić information content (AvgIpc) is 3.24. The van der Waals surface area contributed by atoms with Crippen LogP contribution in [-0.4, -0.2) is 38.7 Å². The first-order valence-electron chi connectivity index (χ1n) is 11.6. The Hall–Kier alpha value is -4.93. The number of pyridine rings is 1. The van der Waals surface area contributed by atoms with Gasteiger partial charge in [-0.3, -0.25) is 14.4 Å². The molecule has 0 spiro atoms. The van der Waals surface area contributed by atoms with E-state index in [1.54, 1.807) is 18.2 Å². The predicted molar refractivity (Wildman–Crippen MR) is 137 cm³/mol. The molecule has 0 saturated heterocycles. The van der Waals surface area contributed by atoms with Crippen LogP contribution in [0.3, 0.4) is 0 Å². The second-order valence-corrected chi connectivity index (χ2v) is 8.92. The summed E-state index contributed by atoms with van der Waals surface area (Å²) in [5.74, 6) is -2.85. The number of hydrazone groups is 1. The van der Waals surface area contributed by atoms with Crippen molar-refractivity contribution in [3.63, 3.8) is 0 Å². The fraction of sp³-hybridized carbons (Fsp3) is 0.111. The van der Waals surface area contributed by atoms with Crippen LogP contribution < -0.4 is 11.3 Å². The van der Waals surface area contributed by atoms with Gasteiger partial charge in [-0.15, -0.1) is 0 Å². The number of fused-ring (bicyclic) bond motifs is 2. The lowest BCUT2D eigenvalue weighted by Gasteiger charge is -2.27. The normalized spacial score (nSPS) is 18.4. The van der Waals surface area contributed by atoms with Crippen molar-refractivity contribution in [3.05, 3.63) is 106 Å². The lowest BCUT2D eigenvalue weighted by atomic mass is 9.93. The molecule has 8 nitrogen and oxygen atoms in total. The van der Waals surface area contributed by atoms with Gasteiger partial charge in [-0.2, -0.15) is 5.10 Å². The van der Waals surface area contributed by atoms with E-state index in [0.29, 0.717) is 16.8 Å². The summed E-state index contributed by atoms with van der Waals surface area (Å²) in [4.78, 5) is 22.0. The number of aromatic nitrogens is 1. The summed E-state index contributed by atoms with van der Waals surface area (Å²) in [7, 11) is 0. The molecular formula is C27H19F3N6O2. The molecule has 1 aromatic heterocycles. The Labute approximate surface area is 213 Å². The number of aliphatic imine (C=N–C) groups is 2. The van der Waals surface area contributed by atoms with E-state index in [4.69, 9.17) is 5.73 Å². The summed E-state index contributed by atoms with van der Waals surface area (Å²) in [5, 5.41) is 16.3. The number of hydrogen-bond acceptors (Lipinski definition) is 7. The zero-order valence-electron chi connectivity index (χ0n) is 19.6. The topological polar surface area (TPSA) is 109 Å². The van der Waals surface area contributed by atoms with Gasteiger partial charge in [0.2, 0.25) is 0 Å². The number of nitrogens with zero attached hydrogens (tertiary/aromatic N) is 5. The molecule has 0 saturated carbocycles. The molecule has 3 N–H and O–H groups in total. The highest BCUT2D eigenvalue weighted by Gasteiger charge is 2.42. The van der Waals surface area contributed by atoms with Gasteiger partial charge in [-0.25, -0.2) is 23.2 Å². The molecule has 2 unspecified atom stereocenters. The fourth-order valence-corrected chi connectivity index (χ4v) is 4.92. The van der Waals surface area contributed by atoms with E-state index >= 15 is 0 Å². The second kappa shape index (κ2) is 8.87. The molecule has 0 fully saturated rings. The number of rotatable bonds is 4. The summed E-state index contributed by atoms with van der Waals surface area (Å²) in [6.07, 6.45) is 0.574. The molecule has 0 amide bonds. The van der Waals surface area contributed by atoms with Gasteiger partial charge in [-0.05, 0) is 41.8 Å². The van der Waals surface area contributed by atoms with Crippen molar-refractivity contribution in [2.75, 3.05) is 0 Å². The number of halogens is 3. The van der Waals surface area contributed by atoms with Gasteiger partial charge in [0.25, 0.3) is 5.56 Å². The van der Waals surface area contributed by atoms with Gasteiger partial charge < -0.3 is 10.8 Å². The lowest BCUT2D eigenvalue weighted by molar-refractivity contribution is 0.210. The summed E-state index contributed by atoms with van der Waals surface area (Å²) in [5.41, 5.74) is 6.30. The number of amidine groups is 1. The van der Waals surface area contributed by atoms with E-state index in [2.05, 4.69) is 15.1 Å². The minimum absolute atomic E-state index is 0.0547. The maximum absolute atomic E-state index is 14.9. The first-order valence-corrected chi connectivity index (χ1v) is 11.6. The van der Waals surface area contributed by atoms with Crippen LogP contribution in [0.25, 0.3) is 16.5 Å². The van der Waals surface area contributed by atoms with Crippen LogP contribution in [0.15, 0.2) is 86.6 Å². The second-order valence-electron chi connectivity index (χ2n) is 8.92. The molecule has 0 aliphatic carbocycles. The van der Waals surface area contributed by atoms with Crippen LogP contribution >= 0.6 is 0 Å². The standard InChI is InChI=1S/C27H19F3N6O2/c28-16-8-15(10-18(37)11-16)24-23-25(31)32-13-33-26(23)35(34-24)12-17-9-14-4-3-6-20(30)22(14)27(38)36(17)21-7-2-1-5-19(21)29/h1-11,13,23,26,37H,12H2,(H2,31,32,33). The van der Waals surface area contributed by atoms with E-state index in [9.17, 15) is 23.1 Å². The molecule has 0 radical (unpaired) electrons. The largest absolute Gasteiger partial charge is 0.508 e. The van der Waals surface area contributed by atoms with Crippen molar-refractivity contribution in [2.24, 2.45) is 26.7 Å². The first kappa shape index (κ1) is 23.5. The number of benzene rings is 3. The zero-order valence-corrected chi connectivity index (χ0v) is 19.6. The Balaban J connectivity index is 1.53. The van der Waals surface area contributed by atoms with Crippen molar-refractivity contribution in [2.45, 2.75) is 12.7 Å². The Bertz CT molecular complexity index is 1740. The highest BCUT2D eigenvalue weighted by molar-refractivity contribution is 6.17. The van der Waals surface area contributed by atoms with E-state index in [0.717, 1.165) is 10.6 Å². The van der Waals surface area contributed by atoms with Crippen LogP contribution in [-0.2, 0) is 6.54 Å². The van der Waals surface area contributed by atoms with Crippen molar-refractivity contribution in [1.29, 1.82) is 0 Å². The van der Waals surface area contributed by atoms with Crippen molar-refractivity contribution in [1.82, 2.24) is 9.58 Å². The Morgan fingerprint density at radius 1 is 0.974 bits per heavy atom. The number of para-hydroxylation sites is 1. The highest BCUT2D eigenvalue weighted by Crippen LogP contribution is 2.32. The van der Waals surface area contributed by atoms with Gasteiger partial charge in [-0.1, -0.05) is 24.3 Å². The number of nitrogens with two attached hydrogens (primary N) is 1. The average molecular weight is 516 g/mol. The SMILES string of the molecule is NC1=NC=NC2C1C(c1cc(O)cc(F)c1)=NN2Cc1cc2cccc(F)c2c(=O)n1-c1ccccc1F. The van der Waals surface area contributed by atoms with Gasteiger partial charge in [0.1, 0.15) is 41.3 Å². The van der Waals surface area contributed by atoms with Crippen LogP contribution in [0.4, 0.5) is 13.2 Å². The molecule has 0 bridgehead atoms. The maximum Gasteiger partial charge on any atom is 0.266 e. The van der Waals surface area contributed by atoms with Crippen LogP contribution in [0, 0.1) is 23.4 Å². The van der Waals surface area contributed by atoms with Crippen molar-refractivity contribution in [3.8, 4) is 11.4 Å². The molecule has 11 heteroatoms. The number of phenolic OH excluding ortho intramolecular Hbond substituents is 1. The summed E-state index contributed by atoms with van der Waals surface area (Å²) in [6, 6.07) is 15.0. The zero-order chi connectivity index (χ0) is 26.6. The Morgan fingerprint density at radius 2 is 1.76 bits per heavy atom. The predicted octanol–water partition coefficient (Wildman–Crippen LogP) is 3.67. The lowest BCUT2D eigenvalue weighted by Crippen LogP contribution is -2.42. The summed E-state index contributed by atoms with van der Waals surface area (Å²) >= 11 is 0. The number of phenols is 1. The highest BCUT2D eigenvalue weighted by atomic mass is 19.1. The van der Waals surface area contributed by atoms with E-state index in [1.807, 2.05) is 0 Å². The van der Waals surface area contributed by atoms with Crippen molar-refractivity contribution >= 4 is 28.7 Å². The monoisotopic (exact) mass is 516 g/mol. The third-order valence-corrected chi connectivity index (χ3v) is 6.55. The summed E-state index contributed by atoms with van der Waals surface area (Å²) < 4.78 is 44.9. The first-order chi connectivity index (χ1) is 18.3. The number of aromatic hydroxyl groups is 1. The van der Waals surface area contributed by atoms with E-state index < -0.39 is 35.1 Å². The smallest absolute Gasteiger partial charge is 0.266 e. The van der Waals surface area contributed by atoms with Gasteiger partial charge >= 0.3 is 0 Å². The van der Waals surface area contributed by atoms with Crippen LogP contribution in [0.5, 0.6) is 5.75 Å². The molecule has 2 aliphatic heterocycles.